The summed E-state index contributed by atoms with van der Waals surface area (Å²) < 4.78 is 44.0. The van der Waals surface area contributed by atoms with E-state index in [2.05, 4.69) is 0 Å². The minimum Gasteiger partial charge on any atom is -0.507 e. The zero-order valence-corrected chi connectivity index (χ0v) is 17.6. The summed E-state index contributed by atoms with van der Waals surface area (Å²) in [6.45, 7) is -3.39. The van der Waals surface area contributed by atoms with E-state index < -0.39 is 55.1 Å². The average Bonchev–Trinajstić information content (AvgIpc) is 3.40. The second-order valence-corrected chi connectivity index (χ2v) is 7.71. The third-order valence-corrected chi connectivity index (χ3v) is 5.65. The van der Waals surface area contributed by atoms with Gasteiger partial charge < -0.3 is 30.0 Å². The van der Waals surface area contributed by atoms with Crippen molar-refractivity contribution in [2.45, 2.75) is 38.1 Å². The van der Waals surface area contributed by atoms with Crippen molar-refractivity contribution in [3.8, 4) is 11.5 Å². The summed E-state index contributed by atoms with van der Waals surface area (Å²) >= 11 is 0. The van der Waals surface area contributed by atoms with Crippen molar-refractivity contribution < 1.29 is 39.2 Å². The number of phenolic OH excluding ortho intramolecular Hbond substituents is 1. The zero-order chi connectivity index (χ0) is 27.4. The van der Waals surface area contributed by atoms with Crippen LogP contribution in [0.1, 0.15) is 52.6 Å². The van der Waals surface area contributed by atoms with Gasteiger partial charge in [-0.3, -0.25) is 14.4 Å². The van der Waals surface area contributed by atoms with Crippen molar-refractivity contribution in [1.82, 2.24) is 4.90 Å². The van der Waals surface area contributed by atoms with Gasteiger partial charge in [0.1, 0.15) is 23.1 Å². The van der Waals surface area contributed by atoms with Crippen molar-refractivity contribution in [2.24, 2.45) is 5.73 Å². The Labute approximate surface area is 193 Å². The molecule has 1 aromatic carbocycles. The first kappa shape index (κ1) is 17.8. The lowest BCUT2D eigenvalue weighted by Crippen LogP contribution is -2.31. The standard InChI is InChI=1S/C23H24N2O8/c1-32-16-9-15(27)18(21-20(16)12-5-6-14(26)19(12)23(31)33-21)11-8-17(28)25(10-11)7-3-2-4-13(24)22(29)30/h8-9,13,27H,2-7,10,24H2,1H3,(H,29,30)/t13-/m0/s1/i3D2,7D2. The molecule has 0 bridgehead atoms. The Balaban J connectivity index is 1.76. The highest BCUT2D eigenvalue weighted by atomic mass is 16.5. The third kappa shape index (κ3) is 3.97. The molecule has 2 aromatic rings. The van der Waals surface area contributed by atoms with E-state index in [-0.39, 0.29) is 58.5 Å². The number of aromatic hydroxyl groups is 1. The summed E-state index contributed by atoms with van der Waals surface area (Å²) in [7, 11) is 1.33. The molecule has 0 unspecified atom stereocenters. The summed E-state index contributed by atoms with van der Waals surface area (Å²) in [4.78, 5) is 49.3. The fourth-order valence-electron chi connectivity index (χ4n) is 4.04. The van der Waals surface area contributed by atoms with Gasteiger partial charge in [0, 0.05) is 37.1 Å². The first-order valence-corrected chi connectivity index (χ1v) is 10.1. The molecule has 2 aliphatic rings. The van der Waals surface area contributed by atoms with Crippen molar-refractivity contribution in [1.29, 1.82) is 0 Å². The van der Waals surface area contributed by atoms with Crippen molar-refractivity contribution >= 4 is 34.2 Å². The molecule has 174 valence electrons. The number of ketones is 1. The molecule has 33 heavy (non-hydrogen) atoms. The molecule has 4 rings (SSSR count). The van der Waals surface area contributed by atoms with E-state index in [1.165, 1.54) is 13.2 Å². The average molecular weight is 460 g/mol. The van der Waals surface area contributed by atoms with E-state index in [1.807, 2.05) is 0 Å². The van der Waals surface area contributed by atoms with E-state index in [1.54, 1.807) is 0 Å². The zero-order valence-electron chi connectivity index (χ0n) is 21.6. The fraction of sp³-hybridized carbons (Fsp3) is 0.391. The molecule has 2 heterocycles. The highest BCUT2D eigenvalue weighted by molar-refractivity contribution is 6.10. The normalized spacial score (nSPS) is 19.0. The van der Waals surface area contributed by atoms with Crippen LogP contribution >= 0.6 is 0 Å². The van der Waals surface area contributed by atoms with Gasteiger partial charge in [0.2, 0.25) is 5.91 Å². The van der Waals surface area contributed by atoms with Crippen molar-refractivity contribution in [3.05, 3.63) is 39.3 Å². The van der Waals surface area contributed by atoms with E-state index in [0.29, 0.717) is 10.5 Å². The lowest BCUT2D eigenvalue weighted by molar-refractivity contribution is -0.138. The van der Waals surface area contributed by atoms with Crippen LogP contribution in [-0.2, 0) is 16.0 Å². The van der Waals surface area contributed by atoms with Gasteiger partial charge in [-0.25, -0.2) is 4.79 Å². The minimum absolute atomic E-state index is 0.0458. The second kappa shape index (κ2) is 8.70. The van der Waals surface area contributed by atoms with Crippen LogP contribution in [0.5, 0.6) is 11.5 Å². The molecule has 0 radical (unpaired) electrons. The monoisotopic (exact) mass is 460 g/mol. The van der Waals surface area contributed by atoms with E-state index in [9.17, 15) is 24.3 Å². The maximum Gasteiger partial charge on any atom is 0.347 e. The Morgan fingerprint density at radius 2 is 2.09 bits per heavy atom. The van der Waals surface area contributed by atoms with Crippen molar-refractivity contribution in [2.75, 3.05) is 20.2 Å². The molecular weight excluding hydrogens is 432 g/mol. The van der Waals surface area contributed by atoms with Gasteiger partial charge >= 0.3 is 11.6 Å². The Kier molecular flexibility index (Phi) is 4.71. The number of carboxylic acid groups (broad SMARTS) is 1. The Bertz CT molecular complexity index is 1430. The number of aryl methyl sites for hydroxylation is 1. The summed E-state index contributed by atoms with van der Waals surface area (Å²) in [6, 6.07) is -0.177. The summed E-state index contributed by atoms with van der Waals surface area (Å²) in [6.07, 6.45) is -2.31. The highest BCUT2D eigenvalue weighted by Crippen LogP contribution is 2.43. The van der Waals surface area contributed by atoms with E-state index >= 15 is 0 Å². The van der Waals surface area contributed by atoms with Crippen LogP contribution in [0, 0.1) is 0 Å². The van der Waals surface area contributed by atoms with Crippen LogP contribution in [0.2, 0.25) is 0 Å². The number of hydrogen-bond acceptors (Lipinski definition) is 8. The van der Waals surface area contributed by atoms with Crippen LogP contribution < -0.4 is 16.1 Å². The van der Waals surface area contributed by atoms with Gasteiger partial charge in [-0.15, -0.1) is 0 Å². The van der Waals surface area contributed by atoms with Gasteiger partial charge in [0.25, 0.3) is 0 Å². The number of ether oxygens (including phenoxy) is 1. The number of fused-ring (bicyclic) bond motifs is 3. The number of benzene rings is 1. The number of carbonyl (C=O) groups is 3. The van der Waals surface area contributed by atoms with Crippen LogP contribution in [-0.4, -0.2) is 59.0 Å². The fourth-order valence-corrected chi connectivity index (χ4v) is 4.04. The maximum absolute atomic E-state index is 12.8. The smallest absolute Gasteiger partial charge is 0.347 e. The molecule has 1 atom stereocenters. The lowest BCUT2D eigenvalue weighted by atomic mass is 9.97. The number of nitrogens with zero attached hydrogens (tertiary/aromatic N) is 1. The van der Waals surface area contributed by atoms with Crippen molar-refractivity contribution in [3.63, 3.8) is 0 Å². The van der Waals surface area contributed by atoms with E-state index in [0.717, 1.165) is 6.08 Å². The second-order valence-electron chi connectivity index (χ2n) is 7.71. The molecule has 10 nitrogen and oxygen atoms in total. The SMILES string of the molecule is [2H]C([2H])(CC[C@H](N)C(=O)O)C([2H])([2H])N1CC(c2c(O)cc(OC)c3c4c(c(=O)oc23)C(=O)CC4)=CC1=O. The number of hydrogen-bond donors (Lipinski definition) is 3. The number of amides is 1. The van der Waals surface area contributed by atoms with E-state index in [4.69, 9.17) is 25.5 Å². The van der Waals surface area contributed by atoms with Crippen LogP contribution in [0.25, 0.3) is 16.5 Å². The Morgan fingerprint density at radius 3 is 2.79 bits per heavy atom. The molecule has 1 amide bonds. The van der Waals surface area contributed by atoms with Crippen LogP contribution in [0.4, 0.5) is 0 Å². The molecule has 4 N–H and O–H groups in total. The summed E-state index contributed by atoms with van der Waals surface area (Å²) in [5, 5.41) is 20.0. The van der Waals surface area contributed by atoms with Gasteiger partial charge in [0.15, 0.2) is 11.4 Å². The lowest BCUT2D eigenvalue weighted by Gasteiger charge is -2.18. The molecular formula is C23H24N2O8. The Morgan fingerprint density at radius 1 is 1.33 bits per heavy atom. The maximum atomic E-state index is 12.8. The van der Waals surface area contributed by atoms with Gasteiger partial charge in [-0.05, 0) is 36.8 Å². The Hall–Kier alpha value is -3.66. The molecule has 0 saturated heterocycles. The number of nitrogens with two attached hydrogens (primary N) is 1. The quantitative estimate of drug-likeness (QED) is 0.495. The topological polar surface area (TPSA) is 160 Å². The molecule has 1 aliphatic heterocycles. The largest absolute Gasteiger partial charge is 0.507 e. The highest BCUT2D eigenvalue weighted by Gasteiger charge is 2.33. The van der Waals surface area contributed by atoms with Crippen LogP contribution in [0.15, 0.2) is 21.4 Å². The first-order valence-electron chi connectivity index (χ1n) is 12.1. The first-order chi connectivity index (χ1) is 17.2. The predicted octanol–water partition coefficient (Wildman–Crippen LogP) is 1.44. The van der Waals surface area contributed by atoms with Gasteiger partial charge in [-0.1, -0.05) is 0 Å². The van der Waals surface area contributed by atoms with Crippen LogP contribution in [0.3, 0.4) is 0 Å². The number of Topliss-reactive ketones (excluding diaryl/α,β-unsaturated/α-hetero) is 1. The van der Waals surface area contributed by atoms with Gasteiger partial charge in [0.05, 0.1) is 18.1 Å². The number of phenols is 1. The molecule has 1 aliphatic carbocycles. The number of rotatable bonds is 8. The third-order valence-electron chi connectivity index (χ3n) is 5.65. The summed E-state index contributed by atoms with van der Waals surface area (Å²) in [5.41, 5.74) is 4.60. The molecule has 0 saturated carbocycles. The van der Waals surface area contributed by atoms with Gasteiger partial charge in [-0.2, -0.15) is 0 Å². The molecule has 0 fully saturated rings. The molecule has 10 heteroatoms. The number of carboxylic acids is 1. The number of aliphatic carboxylic acids is 1. The minimum atomic E-state index is -2.90. The molecule has 1 aromatic heterocycles. The number of methoxy groups -OCH3 is 1. The molecule has 0 spiro atoms. The summed E-state index contributed by atoms with van der Waals surface area (Å²) in [5.74, 6) is -2.97. The number of carbonyl (C=O) groups excluding carboxylic acids is 2. The predicted molar refractivity (Wildman–Crippen MR) is 117 cm³/mol.